The van der Waals surface area contributed by atoms with Crippen LogP contribution in [0.4, 0.5) is 0 Å². The summed E-state index contributed by atoms with van der Waals surface area (Å²) in [4.78, 5) is 6.00. The third-order valence-electron chi connectivity index (χ3n) is 2.15. The van der Waals surface area contributed by atoms with E-state index in [4.69, 9.17) is 10.5 Å². The Morgan fingerprint density at radius 2 is 2.06 bits per heavy atom. The van der Waals surface area contributed by atoms with Crippen LogP contribution in [-0.2, 0) is 0 Å². The van der Waals surface area contributed by atoms with Crippen molar-refractivity contribution in [3.8, 4) is 5.75 Å². The van der Waals surface area contributed by atoms with E-state index in [2.05, 4.69) is 4.99 Å². The third kappa shape index (κ3) is 4.21. The van der Waals surface area contributed by atoms with E-state index in [-0.39, 0.29) is 0 Å². The van der Waals surface area contributed by atoms with Crippen molar-refractivity contribution in [2.24, 2.45) is 10.7 Å². The quantitative estimate of drug-likeness (QED) is 0.603. The molecule has 0 aromatic heterocycles. The van der Waals surface area contributed by atoms with Gasteiger partial charge in [0.25, 0.3) is 0 Å². The van der Waals surface area contributed by atoms with Gasteiger partial charge in [-0.3, -0.25) is 4.99 Å². The van der Waals surface area contributed by atoms with Crippen molar-refractivity contribution < 1.29 is 4.74 Å². The maximum Gasteiger partial charge on any atom is 0.191 e. The van der Waals surface area contributed by atoms with Crippen LogP contribution in [-0.4, -0.2) is 37.6 Å². The molecule has 0 heterocycles. The predicted octanol–water partition coefficient (Wildman–Crippen LogP) is 1.33. The highest BCUT2D eigenvalue weighted by Gasteiger charge is 2.00. The molecule has 0 amide bonds. The number of aliphatic imine (C=N–C) groups is 1. The van der Waals surface area contributed by atoms with Gasteiger partial charge in [0.15, 0.2) is 5.96 Å². The standard InChI is InChI=1S/C12H19N3O/c1-3-14-12(13)15(2)9-10-16-11-7-5-4-6-8-11/h4-8H,3,9-10H2,1-2H3,(H2,13,14). The van der Waals surface area contributed by atoms with Crippen LogP contribution < -0.4 is 10.5 Å². The van der Waals surface area contributed by atoms with Crippen molar-refractivity contribution in [2.45, 2.75) is 6.92 Å². The zero-order chi connectivity index (χ0) is 11.8. The number of likely N-dealkylation sites (N-methyl/N-ethyl adjacent to an activating group) is 1. The normalized spacial score (nSPS) is 11.2. The summed E-state index contributed by atoms with van der Waals surface area (Å²) in [5.41, 5.74) is 5.73. The number of hydrogen-bond acceptors (Lipinski definition) is 2. The van der Waals surface area contributed by atoms with Crippen LogP contribution in [0.1, 0.15) is 6.92 Å². The van der Waals surface area contributed by atoms with Crippen LogP contribution in [0, 0.1) is 0 Å². The summed E-state index contributed by atoms with van der Waals surface area (Å²) in [6, 6.07) is 9.73. The van der Waals surface area contributed by atoms with Gasteiger partial charge >= 0.3 is 0 Å². The Hall–Kier alpha value is -1.71. The zero-order valence-electron chi connectivity index (χ0n) is 9.89. The summed E-state index contributed by atoms with van der Waals surface area (Å²) in [7, 11) is 1.91. The summed E-state index contributed by atoms with van der Waals surface area (Å²) in [6.07, 6.45) is 0. The topological polar surface area (TPSA) is 50.8 Å². The van der Waals surface area contributed by atoms with Gasteiger partial charge in [0.05, 0.1) is 6.54 Å². The maximum atomic E-state index is 5.73. The molecule has 0 aliphatic rings. The van der Waals surface area contributed by atoms with E-state index >= 15 is 0 Å². The van der Waals surface area contributed by atoms with Gasteiger partial charge in [-0.15, -0.1) is 0 Å². The van der Waals surface area contributed by atoms with Crippen LogP contribution in [0.2, 0.25) is 0 Å². The van der Waals surface area contributed by atoms with Crippen LogP contribution in [0.15, 0.2) is 35.3 Å². The first-order chi connectivity index (χ1) is 7.74. The SMILES string of the molecule is CCN=C(N)N(C)CCOc1ccccc1. The monoisotopic (exact) mass is 221 g/mol. The highest BCUT2D eigenvalue weighted by atomic mass is 16.5. The van der Waals surface area contributed by atoms with Crippen molar-refractivity contribution in [1.82, 2.24) is 4.90 Å². The van der Waals surface area contributed by atoms with E-state index < -0.39 is 0 Å². The van der Waals surface area contributed by atoms with Gasteiger partial charge in [0.2, 0.25) is 0 Å². The molecule has 1 aromatic rings. The number of nitrogens with two attached hydrogens (primary N) is 1. The molecule has 0 saturated carbocycles. The fraction of sp³-hybridized carbons (Fsp3) is 0.417. The molecule has 4 nitrogen and oxygen atoms in total. The first-order valence-corrected chi connectivity index (χ1v) is 5.43. The lowest BCUT2D eigenvalue weighted by Gasteiger charge is -2.18. The van der Waals surface area contributed by atoms with Gasteiger partial charge in [-0.25, -0.2) is 0 Å². The first kappa shape index (κ1) is 12.4. The maximum absolute atomic E-state index is 5.73. The molecule has 0 atom stereocenters. The molecule has 0 radical (unpaired) electrons. The lowest BCUT2D eigenvalue weighted by molar-refractivity contribution is 0.283. The summed E-state index contributed by atoms with van der Waals surface area (Å²) < 4.78 is 5.55. The van der Waals surface area contributed by atoms with Crippen LogP contribution >= 0.6 is 0 Å². The van der Waals surface area contributed by atoms with Gasteiger partial charge in [0, 0.05) is 13.6 Å². The summed E-state index contributed by atoms with van der Waals surface area (Å²) >= 11 is 0. The fourth-order valence-electron chi connectivity index (χ4n) is 1.21. The lowest BCUT2D eigenvalue weighted by Crippen LogP contribution is -2.36. The Morgan fingerprint density at radius 1 is 1.38 bits per heavy atom. The fourth-order valence-corrected chi connectivity index (χ4v) is 1.21. The molecule has 2 N–H and O–H groups in total. The molecule has 0 saturated heterocycles. The Balaban J connectivity index is 2.28. The second kappa shape index (κ2) is 6.71. The molecule has 1 aromatic carbocycles. The van der Waals surface area contributed by atoms with E-state index in [9.17, 15) is 0 Å². The molecule has 88 valence electrons. The summed E-state index contributed by atoms with van der Waals surface area (Å²) in [5, 5.41) is 0. The molecular formula is C12H19N3O. The highest BCUT2D eigenvalue weighted by Crippen LogP contribution is 2.07. The van der Waals surface area contributed by atoms with E-state index in [0.29, 0.717) is 19.1 Å². The molecule has 0 unspecified atom stereocenters. The smallest absolute Gasteiger partial charge is 0.191 e. The number of rotatable bonds is 5. The van der Waals surface area contributed by atoms with Crippen molar-refractivity contribution in [3.05, 3.63) is 30.3 Å². The largest absolute Gasteiger partial charge is 0.492 e. The molecule has 0 spiro atoms. The van der Waals surface area contributed by atoms with Crippen molar-refractivity contribution >= 4 is 5.96 Å². The average molecular weight is 221 g/mol. The van der Waals surface area contributed by atoms with E-state index in [1.54, 1.807) is 0 Å². The average Bonchev–Trinajstić information content (AvgIpc) is 2.30. The summed E-state index contributed by atoms with van der Waals surface area (Å²) in [5.74, 6) is 1.43. The zero-order valence-corrected chi connectivity index (χ0v) is 9.89. The van der Waals surface area contributed by atoms with Crippen LogP contribution in [0.25, 0.3) is 0 Å². The number of benzene rings is 1. The molecular weight excluding hydrogens is 202 g/mol. The first-order valence-electron chi connectivity index (χ1n) is 5.43. The Kier molecular flexibility index (Phi) is 5.19. The molecule has 0 fully saturated rings. The number of ether oxygens (including phenoxy) is 1. The predicted molar refractivity (Wildman–Crippen MR) is 66.7 cm³/mol. The molecule has 0 aliphatic carbocycles. The number of nitrogens with zero attached hydrogens (tertiary/aromatic N) is 2. The van der Waals surface area contributed by atoms with Gasteiger partial charge < -0.3 is 15.4 Å². The Morgan fingerprint density at radius 3 is 2.69 bits per heavy atom. The van der Waals surface area contributed by atoms with Crippen molar-refractivity contribution in [1.29, 1.82) is 0 Å². The number of guanidine groups is 1. The number of para-hydroxylation sites is 1. The molecule has 16 heavy (non-hydrogen) atoms. The Labute approximate surface area is 96.7 Å². The van der Waals surface area contributed by atoms with E-state index in [1.165, 1.54) is 0 Å². The van der Waals surface area contributed by atoms with Crippen molar-refractivity contribution in [2.75, 3.05) is 26.7 Å². The van der Waals surface area contributed by atoms with Crippen LogP contribution in [0.5, 0.6) is 5.75 Å². The number of hydrogen-bond donors (Lipinski definition) is 1. The second-order valence-corrected chi connectivity index (χ2v) is 3.42. The molecule has 0 bridgehead atoms. The van der Waals surface area contributed by atoms with E-state index in [1.807, 2.05) is 49.2 Å². The molecule has 1 rings (SSSR count). The lowest BCUT2D eigenvalue weighted by atomic mass is 10.3. The highest BCUT2D eigenvalue weighted by molar-refractivity contribution is 5.77. The van der Waals surface area contributed by atoms with Gasteiger partial charge in [0.1, 0.15) is 12.4 Å². The minimum Gasteiger partial charge on any atom is -0.492 e. The minimum atomic E-state index is 0.555. The van der Waals surface area contributed by atoms with E-state index in [0.717, 1.165) is 12.3 Å². The molecule has 0 aliphatic heterocycles. The van der Waals surface area contributed by atoms with Gasteiger partial charge in [-0.05, 0) is 19.1 Å². The Bertz CT molecular complexity index is 324. The summed E-state index contributed by atoms with van der Waals surface area (Å²) in [6.45, 7) is 3.99. The van der Waals surface area contributed by atoms with Gasteiger partial charge in [-0.2, -0.15) is 0 Å². The second-order valence-electron chi connectivity index (χ2n) is 3.42. The third-order valence-corrected chi connectivity index (χ3v) is 2.15. The van der Waals surface area contributed by atoms with Crippen molar-refractivity contribution in [3.63, 3.8) is 0 Å². The minimum absolute atomic E-state index is 0.555. The van der Waals surface area contributed by atoms with Crippen LogP contribution in [0.3, 0.4) is 0 Å². The van der Waals surface area contributed by atoms with Gasteiger partial charge in [-0.1, -0.05) is 18.2 Å². The molecule has 4 heteroatoms.